The van der Waals surface area contributed by atoms with Gasteiger partial charge in [0.15, 0.2) is 0 Å². The van der Waals surface area contributed by atoms with Gasteiger partial charge in [-0.05, 0) is 45.0 Å². The first-order chi connectivity index (χ1) is 8.84. The molecule has 3 heterocycles. The fraction of sp³-hybridized carbons (Fsp3) is 0.500. The average Bonchev–Trinajstić information content (AvgIpc) is 3.03. The SMILES string of the molecule is Cc1cnc(C2CCNCC2)n1Cc1ccco1. The van der Waals surface area contributed by atoms with Crippen LogP contribution in [0.1, 0.15) is 36.0 Å². The molecule has 4 nitrogen and oxygen atoms in total. The van der Waals surface area contributed by atoms with Crippen LogP contribution in [0.15, 0.2) is 29.0 Å². The summed E-state index contributed by atoms with van der Waals surface area (Å²) in [5.74, 6) is 2.78. The van der Waals surface area contributed by atoms with Crippen LogP contribution in [0, 0.1) is 6.92 Å². The van der Waals surface area contributed by atoms with Gasteiger partial charge in [0.25, 0.3) is 0 Å². The minimum atomic E-state index is 0.579. The van der Waals surface area contributed by atoms with Crippen molar-refractivity contribution in [3.05, 3.63) is 41.9 Å². The lowest BCUT2D eigenvalue weighted by molar-refractivity contribution is 0.423. The van der Waals surface area contributed by atoms with Gasteiger partial charge in [-0.2, -0.15) is 0 Å². The maximum absolute atomic E-state index is 5.44. The van der Waals surface area contributed by atoms with Crippen LogP contribution < -0.4 is 5.32 Å². The fourth-order valence-corrected chi connectivity index (χ4v) is 2.65. The highest BCUT2D eigenvalue weighted by molar-refractivity contribution is 5.12. The predicted octanol–water partition coefficient (Wildman–Crippen LogP) is 2.30. The molecular weight excluding hydrogens is 226 g/mol. The Bertz CT molecular complexity index is 495. The fourth-order valence-electron chi connectivity index (χ4n) is 2.65. The molecule has 0 spiro atoms. The number of furan rings is 1. The molecule has 0 bridgehead atoms. The summed E-state index contributed by atoms with van der Waals surface area (Å²) in [6.07, 6.45) is 6.05. The number of hydrogen-bond acceptors (Lipinski definition) is 3. The van der Waals surface area contributed by atoms with E-state index in [9.17, 15) is 0 Å². The van der Waals surface area contributed by atoms with E-state index in [0.717, 1.165) is 25.4 Å². The molecule has 0 atom stereocenters. The van der Waals surface area contributed by atoms with E-state index in [1.54, 1.807) is 6.26 Å². The first-order valence-corrected chi connectivity index (χ1v) is 6.59. The minimum absolute atomic E-state index is 0.579. The zero-order valence-electron chi connectivity index (χ0n) is 10.7. The number of nitrogens with zero attached hydrogens (tertiary/aromatic N) is 2. The molecule has 1 fully saturated rings. The van der Waals surface area contributed by atoms with E-state index in [2.05, 4.69) is 21.8 Å². The Morgan fingerprint density at radius 2 is 2.28 bits per heavy atom. The van der Waals surface area contributed by atoms with Gasteiger partial charge in [-0.25, -0.2) is 4.98 Å². The molecule has 0 radical (unpaired) electrons. The molecule has 1 N–H and O–H groups in total. The largest absolute Gasteiger partial charge is 0.467 e. The third-order valence-corrected chi connectivity index (χ3v) is 3.68. The molecule has 2 aromatic heterocycles. The molecule has 0 aliphatic carbocycles. The van der Waals surface area contributed by atoms with Gasteiger partial charge in [0.2, 0.25) is 0 Å². The molecule has 4 heteroatoms. The number of rotatable bonds is 3. The summed E-state index contributed by atoms with van der Waals surface area (Å²) < 4.78 is 7.73. The van der Waals surface area contributed by atoms with E-state index in [-0.39, 0.29) is 0 Å². The second kappa shape index (κ2) is 4.98. The molecule has 0 aromatic carbocycles. The van der Waals surface area contributed by atoms with Gasteiger partial charge in [0.05, 0.1) is 12.8 Å². The van der Waals surface area contributed by atoms with Crippen LogP contribution in [0.5, 0.6) is 0 Å². The number of nitrogens with one attached hydrogen (secondary N) is 1. The van der Waals surface area contributed by atoms with Crippen LogP contribution in [0.25, 0.3) is 0 Å². The monoisotopic (exact) mass is 245 g/mol. The van der Waals surface area contributed by atoms with E-state index in [1.165, 1.54) is 24.4 Å². The zero-order chi connectivity index (χ0) is 12.4. The van der Waals surface area contributed by atoms with E-state index >= 15 is 0 Å². The van der Waals surface area contributed by atoms with Crippen LogP contribution in [-0.2, 0) is 6.54 Å². The van der Waals surface area contributed by atoms with Crippen molar-refractivity contribution in [2.45, 2.75) is 32.2 Å². The maximum atomic E-state index is 5.44. The molecular formula is C14H19N3O. The van der Waals surface area contributed by atoms with Crippen molar-refractivity contribution in [3.63, 3.8) is 0 Å². The first kappa shape index (κ1) is 11.5. The summed E-state index contributed by atoms with van der Waals surface area (Å²) >= 11 is 0. The summed E-state index contributed by atoms with van der Waals surface area (Å²) in [5.41, 5.74) is 1.21. The highest BCUT2D eigenvalue weighted by Crippen LogP contribution is 2.25. The van der Waals surface area contributed by atoms with Crippen LogP contribution in [0.4, 0.5) is 0 Å². The molecule has 18 heavy (non-hydrogen) atoms. The van der Waals surface area contributed by atoms with Gasteiger partial charge >= 0.3 is 0 Å². The standard InChI is InChI=1S/C14H19N3O/c1-11-9-16-14(12-4-6-15-7-5-12)17(11)10-13-3-2-8-18-13/h2-3,8-9,12,15H,4-7,10H2,1H3. The van der Waals surface area contributed by atoms with Crippen LogP contribution in [0.3, 0.4) is 0 Å². The van der Waals surface area contributed by atoms with Gasteiger partial charge in [-0.15, -0.1) is 0 Å². The lowest BCUT2D eigenvalue weighted by Gasteiger charge is -2.23. The van der Waals surface area contributed by atoms with Crippen LogP contribution >= 0.6 is 0 Å². The van der Waals surface area contributed by atoms with Crippen molar-refractivity contribution in [2.75, 3.05) is 13.1 Å². The van der Waals surface area contributed by atoms with E-state index in [0.29, 0.717) is 5.92 Å². The molecule has 1 aliphatic rings. The van der Waals surface area contributed by atoms with Crippen molar-refractivity contribution in [1.82, 2.24) is 14.9 Å². The molecule has 0 unspecified atom stereocenters. The molecule has 96 valence electrons. The predicted molar refractivity (Wildman–Crippen MR) is 69.6 cm³/mol. The van der Waals surface area contributed by atoms with Crippen molar-refractivity contribution in [1.29, 1.82) is 0 Å². The third-order valence-electron chi connectivity index (χ3n) is 3.68. The third kappa shape index (κ3) is 2.20. The van der Waals surface area contributed by atoms with E-state index in [1.807, 2.05) is 18.3 Å². The topological polar surface area (TPSA) is 43.0 Å². The van der Waals surface area contributed by atoms with Gasteiger partial charge in [-0.3, -0.25) is 0 Å². The highest BCUT2D eigenvalue weighted by Gasteiger charge is 2.21. The lowest BCUT2D eigenvalue weighted by atomic mass is 9.97. The smallest absolute Gasteiger partial charge is 0.123 e. The van der Waals surface area contributed by atoms with Crippen molar-refractivity contribution in [3.8, 4) is 0 Å². The quantitative estimate of drug-likeness (QED) is 0.902. The Kier molecular flexibility index (Phi) is 3.19. The molecule has 1 aliphatic heterocycles. The Balaban J connectivity index is 1.86. The average molecular weight is 245 g/mol. The Labute approximate surface area is 107 Å². The van der Waals surface area contributed by atoms with Gasteiger partial charge in [0.1, 0.15) is 11.6 Å². The normalized spacial score (nSPS) is 17.2. The number of piperidine rings is 1. The van der Waals surface area contributed by atoms with Gasteiger partial charge < -0.3 is 14.3 Å². The number of aryl methyl sites for hydroxylation is 1. The second-order valence-corrected chi connectivity index (χ2v) is 4.95. The van der Waals surface area contributed by atoms with Crippen LogP contribution in [-0.4, -0.2) is 22.6 Å². The Hall–Kier alpha value is -1.55. The zero-order valence-corrected chi connectivity index (χ0v) is 10.7. The molecule has 1 saturated heterocycles. The first-order valence-electron chi connectivity index (χ1n) is 6.59. The highest BCUT2D eigenvalue weighted by atomic mass is 16.3. The van der Waals surface area contributed by atoms with Crippen molar-refractivity contribution in [2.24, 2.45) is 0 Å². The molecule has 2 aromatic rings. The molecule has 0 saturated carbocycles. The number of imidazole rings is 1. The summed E-state index contributed by atoms with van der Waals surface area (Å²) in [6, 6.07) is 3.96. The summed E-state index contributed by atoms with van der Waals surface area (Å²) in [7, 11) is 0. The summed E-state index contributed by atoms with van der Waals surface area (Å²) in [5, 5.41) is 3.40. The van der Waals surface area contributed by atoms with Crippen molar-refractivity contribution < 1.29 is 4.42 Å². The van der Waals surface area contributed by atoms with E-state index < -0.39 is 0 Å². The number of aromatic nitrogens is 2. The van der Waals surface area contributed by atoms with Crippen LogP contribution in [0.2, 0.25) is 0 Å². The maximum Gasteiger partial charge on any atom is 0.123 e. The second-order valence-electron chi connectivity index (χ2n) is 4.95. The Morgan fingerprint density at radius 1 is 1.44 bits per heavy atom. The van der Waals surface area contributed by atoms with Gasteiger partial charge in [-0.1, -0.05) is 0 Å². The minimum Gasteiger partial charge on any atom is -0.467 e. The Morgan fingerprint density at radius 3 is 3.00 bits per heavy atom. The summed E-state index contributed by atoms with van der Waals surface area (Å²) in [6.45, 7) is 5.09. The summed E-state index contributed by atoms with van der Waals surface area (Å²) in [4.78, 5) is 4.61. The molecule has 0 amide bonds. The van der Waals surface area contributed by atoms with E-state index in [4.69, 9.17) is 4.42 Å². The number of hydrogen-bond donors (Lipinski definition) is 1. The lowest BCUT2D eigenvalue weighted by Crippen LogP contribution is -2.28. The molecule has 3 rings (SSSR count). The van der Waals surface area contributed by atoms with Crippen molar-refractivity contribution >= 4 is 0 Å². The van der Waals surface area contributed by atoms with Gasteiger partial charge in [0, 0.05) is 17.8 Å².